The molecule has 168 valence electrons. The van der Waals surface area contributed by atoms with E-state index in [1.807, 2.05) is 37.3 Å². The molecule has 1 atom stereocenters. The molecule has 0 heterocycles. The second kappa shape index (κ2) is 11.6. The van der Waals surface area contributed by atoms with Crippen molar-refractivity contribution in [2.75, 3.05) is 5.32 Å². The van der Waals surface area contributed by atoms with Crippen molar-refractivity contribution in [3.63, 3.8) is 0 Å². The summed E-state index contributed by atoms with van der Waals surface area (Å²) in [6, 6.07) is 12.2. The van der Waals surface area contributed by atoms with E-state index in [-0.39, 0.29) is 23.4 Å². The molecule has 2 aromatic rings. The van der Waals surface area contributed by atoms with Gasteiger partial charge in [0.05, 0.1) is 21.8 Å². The number of halogens is 3. The summed E-state index contributed by atoms with van der Waals surface area (Å²) in [7, 11) is 0. The number of benzene rings is 2. The molecule has 0 saturated heterocycles. The maximum atomic E-state index is 13.0. The predicted molar refractivity (Wildman–Crippen MR) is 133 cm³/mol. The van der Waals surface area contributed by atoms with Crippen LogP contribution in [0.25, 0.3) is 0 Å². The summed E-state index contributed by atoms with van der Waals surface area (Å²) >= 11 is 13.4. The fraction of sp³-hybridized carbons (Fsp3) is 0.391. The Hall–Kier alpha value is -1.24. The first-order valence-corrected chi connectivity index (χ1v) is 11.7. The van der Waals surface area contributed by atoms with Crippen molar-refractivity contribution >= 4 is 64.1 Å². The first-order valence-electron chi connectivity index (χ1n) is 10.1. The zero-order chi connectivity index (χ0) is 21.7. The fourth-order valence-electron chi connectivity index (χ4n) is 3.68. The lowest BCUT2D eigenvalue weighted by Crippen LogP contribution is -2.35. The van der Waals surface area contributed by atoms with E-state index in [2.05, 4.69) is 5.32 Å². The number of nitrogens with two attached hydrogens (primary N) is 1. The monoisotopic (exact) mass is 500 g/mol. The Balaban J connectivity index is 0.00000341. The van der Waals surface area contributed by atoms with Gasteiger partial charge in [-0.05, 0) is 48.7 Å². The molecule has 0 bridgehead atoms. The van der Waals surface area contributed by atoms with Crippen LogP contribution in [0.3, 0.4) is 0 Å². The van der Waals surface area contributed by atoms with Crippen molar-refractivity contribution in [3.8, 4) is 0 Å². The van der Waals surface area contributed by atoms with Crippen molar-refractivity contribution in [1.29, 1.82) is 0 Å². The Kier molecular flexibility index (Phi) is 9.71. The number of anilines is 1. The zero-order valence-corrected chi connectivity index (χ0v) is 20.5. The number of nitrogens with one attached hydrogen (secondary N) is 1. The van der Waals surface area contributed by atoms with Crippen LogP contribution >= 0.6 is 47.4 Å². The molecule has 3 rings (SSSR count). The third-order valence-electron chi connectivity index (χ3n) is 5.59. The van der Waals surface area contributed by atoms with E-state index in [0.29, 0.717) is 27.0 Å². The van der Waals surface area contributed by atoms with E-state index in [1.165, 1.54) is 0 Å². The number of thioether (sulfide) groups is 1. The highest BCUT2D eigenvalue weighted by Crippen LogP contribution is 2.40. The van der Waals surface area contributed by atoms with Crippen LogP contribution in [0.2, 0.25) is 10.0 Å². The first kappa shape index (κ1) is 26.0. The van der Waals surface area contributed by atoms with Gasteiger partial charge in [-0.25, -0.2) is 0 Å². The maximum Gasteiger partial charge on any atom is 0.230 e. The quantitative estimate of drug-likeness (QED) is 0.442. The van der Waals surface area contributed by atoms with Gasteiger partial charge < -0.3 is 11.1 Å². The normalized spacial score (nSPS) is 16.1. The SMILES string of the molecule is CC1(C(=O)Nc2cc(Cl)c(Cl)cc2SC(=O)[C@@H](N)Cc2ccccc2)CCCCC1.Cl. The van der Waals surface area contributed by atoms with Crippen molar-refractivity contribution in [3.05, 3.63) is 58.1 Å². The van der Waals surface area contributed by atoms with E-state index in [4.69, 9.17) is 28.9 Å². The molecular weight excluding hydrogens is 475 g/mol. The van der Waals surface area contributed by atoms with E-state index in [9.17, 15) is 9.59 Å². The van der Waals surface area contributed by atoms with Gasteiger partial charge in [0.15, 0.2) is 0 Å². The highest BCUT2D eigenvalue weighted by atomic mass is 35.5. The van der Waals surface area contributed by atoms with Crippen LogP contribution in [0, 0.1) is 5.41 Å². The number of hydrogen-bond donors (Lipinski definition) is 2. The van der Waals surface area contributed by atoms with Gasteiger partial charge in [-0.15, -0.1) is 12.4 Å². The average molecular weight is 502 g/mol. The minimum atomic E-state index is -0.675. The van der Waals surface area contributed by atoms with Crippen LogP contribution in [-0.2, 0) is 16.0 Å². The molecule has 31 heavy (non-hydrogen) atoms. The van der Waals surface area contributed by atoms with Crippen LogP contribution in [0.5, 0.6) is 0 Å². The van der Waals surface area contributed by atoms with Gasteiger partial charge in [0.25, 0.3) is 0 Å². The Morgan fingerprint density at radius 1 is 1.10 bits per heavy atom. The van der Waals surface area contributed by atoms with Gasteiger partial charge in [0, 0.05) is 10.3 Å². The van der Waals surface area contributed by atoms with Gasteiger partial charge >= 0.3 is 0 Å². The molecule has 0 aromatic heterocycles. The molecule has 1 saturated carbocycles. The lowest BCUT2D eigenvalue weighted by molar-refractivity contribution is -0.126. The highest BCUT2D eigenvalue weighted by Gasteiger charge is 2.35. The molecule has 0 unspecified atom stereocenters. The summed E-state index contributed by atoms with van der Waals surface area (Å²) in [5.41, 5.74) is 7.21. The molecule has 1 aliphatic rings. The number of carbonyl (C=O) groups excluding carboxylic acids is 2. The molecule has 0 aliphatic heterocycles. The number of carbonyl (C=O) groups is 2. The third-order valence-corrected chi connectivity index (χ3v) is 7.37. The van der Waals surface area contributed by atoms with Crippen LogP contribution in [0.4, 0.5) is 5.69 Å². The molecule has 0 spiro atoms. The van der Waals surface area contributed by atoms with Crippen LogP contribution in [-0.4, -0.2) is 17.1 Å². The first-order chi connectivity index (χ1) is 14.3. The molecule has 0 radical (unpaired) electrons. The summed E-state index contributed by atoms with van der Waals surface area (Å²) in [5, 5.41) is 3.44. The second-order valence-corrected chi connectivity index (χ2v) is 9.92. The van der Waals surface area contributed by atoms with Crippen molar-refractivity contribution in [1.82, 2.24) is 0 Å². The van der Waals surface area contributed by atoms with E-state index < -0.39 is 11.5 Å². The summed E-state index contributed by atoms with van der Waals surface area (Å²) < 4.78 is 0. The third kappa shape index (κ3) is 6.87. The van der Waals surface area contributed by atoms with Crippen LogP contribution in [0.15, 0.2) is 47.4 Å². The Bertz CT molecular complexity index is 919. The molecule has 1 fully saturated rings. The maximum absolute atomic E-state index is 13.0. The summed E-state index contributed by atoms with van der Waals surface area (Å²) in [5.74, 6) is -0.0523. The molecule has 8 heteroatoms. The summed E-state index contributed by atoms with van der Waals surface area (Å²) in [4.78, 5) is 26.3. The van der Waals surface area contributed by atoms with Gasteiger partial charge in [-0.3, -0.25) is 9.59 Å². The summed E-state index contributed by atoms with van der Waals surface area (Å²) in [6.45, 7) is 1.99. The topological polar surface area (TPSA) is 72.2 Å². The zero-order valence-electron chi connectivity index (χ0n) is 17.3. The van der Waals surface area contributed by atoms with Gasteiger partial charge in [0.1, 0.15) is 0 Å². The smallest absolute Gasteiger partial charge is 0.230 e. The van der Waals surface area contributed by atoms with Gasteiger partial charge in [-0.2, -0.15) is 0 Å². The number of amides is 1. The lowest BCUT2D eigenvalue weighted by Gasteiger charge is -2.32. The van der Waals surface area contributed by atoms with Gasteiger partial charge in [0.2, 0.25) is 11.0 Å². The van der Waals surface area contributed by atoms with Crippen molar-refractivity contribution in [2.24, 2.45) is 11.1 Å². The average Bonchev–Trinajstić information content (AvgIpc) is 2.72. The second-order valence-electron chi connectivity index (χ2n) is 8.06. The van der Waals surface area contributed by atoms with Crippen molar-refractivity contribution < 1.29 is 9.59 Å². The molecular formula is C23H27Cl3N2O2S. The molecule has 2 aromatic carbocycles. The predicted octanol–water partition coefficient (Wildman–Crippen LogP) is 6.51. The highest BCUT2D eigenvalue weighted by molar-refractivity contribution is 8.14. The minimum absolute atomic E-state index is 0. The van der Waals surface area contributed by atoms with E-state index in [1.54, 1.807) is 12.1 Å². The fourth-order valence-corrected chi connectivity index (χ4v) is 4.92. The van der Waals surface area contributed by atoms with E-state index >= 15 is 0 Å². The molecule has 1 aliphatic carbocycles. The van der Waals surface area contributed by atoms with Crippen molar-refractivity contribution in [2.45, 2.75) is 56.4 Å². The lowest BCUT2D eigenvalue weighted by atomic mass is 9.75. The van der Waals surface area contributed by atoms with Crippen LogP contribution in [0.1, 0.15) is 44.6 Å². The molecule has 4 nitrogen and oxygen atoms in total. The Morgan fingerprint density at radius 2 is 1.71 bits per heavy atom. The molecule has 1 amide bonds. The Morgan fingerprint density at radius 3 is 2.35 bits per heavy atom. The largest absolute Gasteiger partial charge is 0.325 e. The minimum Gasteiger partial charge on any atom is -0.325 e. The van der Waals surface area contributed by atoms with E-state index in [0.717, 1.165) is 49.4 Å². The van der Waals surface area contributed by atoms with Gasteiger partial charge in [-0.1, -0.05) is 79.7 Å². The standard InChI is InChI=1S/C23H26Cl2N2O2S.ClH/c1-23(10-6-3-7-11-23)22(29)27-19-13-16(24)17(25)14-20(19)30-21(28)18(26)12-15-8-4-2-5-9-15;/h2,4-5,8-9,13-14,18H,3,6-7,10-12,26H2,1H3,(H,27,29);1H/t18-;/m0./s1. The summed E-state index contributed by atoms with van der Waals surface area (Å²) in [6.07, 6.45) is 5.38. The van der Waals surface area contributed by atoms with Crippen LogP contribution < -0.4 is 11.1 Å². The number of hydrogen-bond acceptors (Lipinski definition) is 4. The Labute approximate surface area is 204 Å². The number of rotatable bonds is 6. The molecule has 3 N–H and O–H groups in total.